The second-order valence-electron chi connectivity index (χ2n) is 9.76. The quantitative estimate of drug-likeness (QED) is 0.0991. The Bertz CT molecular complexity index is 435. The molecule has 1 unspecified atom stereocenters. The lowest BCUT2D eigenvalue weighted by Gasteiger charge is -2.14. The average Bonchev–Trinajstić information content (AvgIpc) is 2.81. The van der Waals surface area contributed by atoms with Crippen LogP contribution in [0.4, 0.5) is 0 Å². The van der Waals surface area contributed by atoms with Crippen molar-refractivity contribution >= 4 is 11.9 Å². The molecule has 0 amide bonds. The zero-order chi connectivity index (χ0) is 24.4. The number of esters is 2. The molecular formula is C29H56O4. The predicted molar refractivity (Wildman–Crippen MR) is 139 cm³/mol. The van der Waals surface area contributed by atoms with Crippen LogP contribution in [-0.4, -0.2) is 25.2 Å². The second kappa shape index (κ2) is 25.6. The third-order valence-electron chi connectivity index (χ3n) is 6.55. The zero-order valence-corrected chi connectivity index (χ0v) is 22.5. The van der Waals surface area contributed by atoms with E-state index in [9.17, 15) is 9.59 Å². The monoisotopic (exact) mass is 468 g/mol. The summed E-state index contributed by atoms with van der Waals surface area (Å²) < 4.78 is 10.6. The molecule has 0 fully saturated rings. The highest BCUT2D eigenvalue weighted by Gasteiger charge is 2.13. The van der Waals surface area contributed by atoms with Gasteiger partial charge in [-0.1, -0.05) is 117 Å². The fraction of sp³-hybridized carbons (Fsp3) is 0.931. The standard InChI is InChI=1S/C29H56O4/c1-4-7-20-24-32-28(30)23-19-17-15-13-11-9-10-12-14-16-18-22-27(6-3)26-29(31)33-25-21-8-5-2/h27H,4-26H2,1-3H3. The van der Waals surface area contributed by atoms with E-state index in [1.54, 1.807) is 0 Å². The molecule has 0 aromatic rings. The third kappa shape index (κ3) is 23.9. The van der Waals surface area contributed by atoms with E-state index < -0.39 is 0 Å². The van der Waals surface area contributed by atoms with Gasteiger partial charge in [-0.25, -0.2) is 0 Å². The minimum atomic E-state index is -0.0151. The molecule has 0 spiro atoms. The fourth-order valence-electron chi connectivity index (χ4n) is 4.19. The summed E-state index contributed by atoms with van der Waals surface area (Å²) in [6.07, 6.45) is 23.8. The Morgan fingerprint density at radius 1 is 0.545 bits per heavy atom. The van der Waals surface area contributed by atoms with Crippen LogP contribution >= 0.6 is 0 Å². The van der Waals surface area contributed by atoms with Crippen molar-refractivity contribution in [2.75, 3.05) is 13.2 Å². The molecule has 0 N–H and O–H groups in total. The number of hydrogen-bond acceptors (Lipinski definition) is 4. The van der Waals surface area contributed by atoms with Crippen molar-refractivity contribution in [3.05, 3.63) is 0 Å². The molecule has 33 heavy (non-hydrogen) atoms. The van der Waals surface area contributed by atoms with E-state index in [0.29, 0.717) is 32.0 Å². The molecular weight excluding hydrogens is 412 g/mol. The van der Waals surface area contributed by atoms with Crippen molar-refractivity contribution in [2.45, 2.75) is 156 Å². The first-order valence-electron chi connectivity index (χ1n) is 14.4. The van der Waals surface area contributed by atoms with E-state index in [-0.39, 0.29) is 11.9 Å². The van der Waals surface area contributed by atoms with Crippen molar-refractivity contribution in [3.8, 4) is 0 Å². The minimum Gasteiger partial charge on any atom is -0.466 e. The Kier molecular flexibility index (Phi) is 24.7. The van der Waals surface area contributed by atoms with Crippen LogP contribution in [-0.2, 0) is 19.1 Å². The summed E-state index contributed by atoms with van der Waals surface area (Å²) in [4.78, 5) is 23.5. The van der Waals surface area contributed by atoms with Crippen molar-refractivity contribution in [3.63, 3.8) is 0 Å². The van der Waals surface area contributed by atoms with Gasteiger partial charge in [0.15, 0.2) is 0 Å². The van der Waals surface area contributed by atoms with Gasteiger partial charge in [0.25, 0.3) is 0 Å². The maximum absolute atomic E-state index is 11.9. The Balaban J connectivity index is 3.39. The summed E-state index contributed by atoms with van der Waals surface area (Å²) in [6, 6.07) is 0. The van der Waals surface area contributed by atoms with Crippen LogP contribution in [0.3, 0.4) is 0 Å². The number of carbonyl (C=O) groups is 2. The molecule has 0 saturated carbocycles. The largest absolute Gasteiger partial charge is 0.466 e. The summed E-state index contributed by atoms with van der Waals surface area (Å²) in [6.45, 7) is 7.70. The average molecular weight is 469 g/mol. The third-order valence-corrected chi connectivity index (χ3v) is 6.55. The summed E-state index contributed by atoms with van der Waals surface area (Å²) >= 11 is 0. The van der Waals surface area contributed by atoms with E-state index >= 15 is 0 Å². The van der Waals surface area contributed by atoms with E-state index in [2.05, 4.69) is 20.8 Å². The molecule has 4 heteroatoms. The smallest absolute Gasteiger partial charge is 0.306 e. The number of unbranched alkanes of at least 4 members (excludes halogenated alkanes) is 14. The second-order valence-corrected chi connectivity index (χ2v) is 9.76. The number of ether oxygens (including phenoxy) is 2. The molecule has 1 atom stereocenters. The zero-order valence-electron chi connectivity index (χ0n) is 22.5. The van der Waals surface area contributed by atoms with Crippen LogP contribution in [0.5, 0.6) is 0 Å². The summed E-state index contributed by atoms with van der Waals surface area (Å²) in [7, 11) is 0. The van der Waals surface area contributed by atoms with Gasteiger partial charge in [0.05, 0.1) is 13.2 Å². The molecule has 0 aliphatic rings. The van der Waals surface area contributed by atoms with Gasteiger partial charge in [0.1, 0.15) is 0 Å². The first-order chi connectivity index (χ1) is 16.1. The fourth-order valence-corrected chi connectivity index (χ4v) is 4.19. The van der Waals surface area contributed by atoms with E-state index in [1.807, 2.05) is 0 Å². The maximum atomic E-state index is 11.9. The number of rotatable bonds is 25. The van der Waals surface area contributed by atoms with Gasteiger partial charge < -0.3 is 9.47 Å². The van der Waals surface area contributed by atoms with Crippen LogP contribution in [0.1, 0.15) is 156 Å². The number of carbonyl (C=O) groups excluding carboxylic acids is 2. The molecule has 0 saturated heterocycles. The van der Waals surface area contributed by atoms with Crippen molar-refractivity contribution in [2.24, 2.45) is 5.92 Å². The predicted octanol–water partition coefficient (Wildman–Crippen LogP) is 8.94. The molecule has 0 aromatic carbocycles. The molecule has 0 heterocycles. The highest BCUT2D eigenvalue weighted by Crippen LogP contribution is 2.19. The van der Waals surface area contributed by atoms with Crippen LogP contribution < -0.4 is 0 Å². The van der Waals surface area contributed by atoms with E-state index in [4.69, 9.17) is 9.47 Å². The van der Waals surface area contributed by atoms with Gasteiger partial charge >= 0.3 is 11.9 Å². The first-order valence-corrected chi connectivity index (χ1v) is 14.4. The van der Waals surface area contributed by atoms with E-state index in [1.165, 1.54) is 57.8 Å². The van der Waals surface area contributed by atoms with Crippen molar-refractivity contribution in [1.29, 1.82) is 0 Å². The Morgan fingerprint density at radius 2 is 1.00 bits per heavy atom. The highest BCUT2D eigenvalue weighted by molar-refractivity contribution is 5.69. The Morgan fingerprint density at radius 3 is 1.48 bits per heavy atom. The topological polar surface area (TPSA) is 52.6 Å². The van der Waals surface area contributed by atoms with Crippen LogP contribution in [0.25, 0.3) is 0 Å². The molecule has 0 bridgehead atoms. The van der Waals surface area contributed by atoms with Gasteiger partial charge in [-0.2, -0.15) is 0 Å². The SMILES string of the molecule is CCCCCOC(=O)CCCCCCCCCCCCCC(CC)CC(=O)OCCCCC. The molecule has 0 aromatic heterocycles. The van der Waals surface area contributed by atoms with Crippen LogP contribution in [0, 0.1) is 5.92 Å². The summed E-state index contributed by atoms with van der Waals surface area (Å²) in [5.74, 6) is 0.477. The van der Waals surface area contributed by atoms with Gasteiger partial charge in [-0.3, -0.25) is 9.59 Å². The lowest BCUT2D eigenvalue weighted by Crippen LogP contribution is -2.12. The van der Waals surface area contributed by atoms with Crippen molar-refractivity contribution in [1.82, 2.24) is 0 Å². The molecule has 0 radical (unpaired) electrons. The molecule has 196 valence electrons. The van der Waals surface area contributed by atoms with Crippen LogP contribution in [0.2, 0.25) is 0 Å². The Labute approximate surface area is 206 Å². The lowest BCUT2D eigenvalue weighted by atomic mass is 9.95. The number of hydrogen-bond donors (Lipinski definition) is 0. The molecule has 4 nitrogen and oxygen atoms in total. The molecule has 0 aliphatic heterocycles. The van der Waals surface area contributed by atoms with Crippen LogP contribution in [0.15, 0.2) is 0 Å². The van der Waals surface area contributed by atoms with Gasteiger partial charge in [0, 0.05) is 12.8 Å². The molecule has 0 aliphatic carbocycles. The lowest BCUT2D eigenvalue weighted by molar-refractivity contribution is -0.145. The van der Waals surface area contributed by atoms with Crippen molar-refractivity contribution < 1.29 is 19.1 Å². The Hall–Kier alpha value is -1.06. The summed E-state index contributed by atoms with van der Waals surface area (Å²) in [5.41, 5.74) is 0. The minimum absolute atomic E-state index is 0.000273. The normalized spacial score (nSPS) is 12.0. The molecule has 0 rings (SSSR count). The van der Waals surface area contributed by atoms with Gasteiger partial charge in [-0.05, 0) is 31.6 Å². The highest BCUT2D eigenvalue weighted by atomic mass is 16.5. The maximum Gasteiger partial charge on any atom is 0.306 e. The van der Waals surface area contributed by atoms with Gasteiger partial charge in [-0.15, -0.1) is 0 Å². The summed E-state index contributed by atoms with van der Waals surface area (Å²) in [5, 5.41) is 0. The van der Waals surface area contributed by atoms with E-state index in [0.717, 1.165) is 64.2 Å². The first kappa shape index (κ1) is 31.9. The van der Waals surface area contributed by atoms with Gasteiger partial charge in [0.2, 0.25) is 0 Å².